The van der Waals surface area contributed by atoms with Crippen LogP contribution in [0.4, 0.5) is 0 Å². The minimum Gasteiger partial charge on any atom is -0.324 e. The van der Waals surface area contributed by atoms with E-state index in [1.54, 1.807) is 0 Å². The molecule has 0 saturated carbocycles. The van der Waals surface area contributed by atoms with Gasteiger partial charge in [0, 0.05) is 28.8 Å². The van der Waals surface area contributed by atoms with Crippen LogP contribution in [-0.4, -0.2) is 9.78 Å². The van der Waals surface area contributed by atoms with Crippen molar-refractivity contribution in [3.05, 3.63) is 51.8 Å². The lowest BCUT2D eigenvalue weighted by Gasteiger charge is -2.12. The van der Waals surface area contributed by atoms with Gasteiger partial charge < -0.3 is 5.73 Å². The summed E-state index contributed by atoms with van der Waals surface area (Å²) in [5.74, 6) is 0. The Balaban J connectivity index is 2.20. The molecule has 0 aliphatic heterocycles. The zero-order valence-corrected chi connectivity index (χ0v) is 11.6. The van der Waals surface area contributed by atoms with E-state index in [1.807, 2.05) is 43.0 Å². The Bertz CT molecular complexity index is 519. The van der Waals surface area contributed by atoms with E-state index >= 15 is 0 Å². The summed E-state index contributed by atoms with van der Waals surface area (Å²) < 4.78 is 2.96. The second kappa shape index (κ2) is 5.02. The number of hydrogen-bond donors (Lipinski definition) is 1. The number of aryl methyl sites for hydroxylation is 1. The van der Waals surface area contributed by atoms with Crippen LogP contribution in [0.25, 0.3) is 0 Å². The van der Waals surface area contributed by atoms with E-state index in [1.165, 1.54) is 5.56 Å². The standard InChI is InChI=1S/C13H16BrN3/c1-9-11(8-16-17(9)2)13(15)7-10-5-3-4-6-12(10)14/h3-6,8,13H,7,15H2,1-2H3. The second-order valence-corrected chi connectivity index (χ2v) is 5.07. The summed E-state index contributed by atoms with van der Waals surface area (Å²) in [7, 11) is 1.93. The zero-order valence-electron chi connectivity index (χ0n) is 10.0. The lowest BCUT2D eigenvalue weighted by atomic mass is 10.0. The lowest BCUT2D eigenvalue weighted by molar-refractivity contribution is 0.699. The van der Waals surface area contributed by atoms with Gasteiger partial charge in [-0.05, 0) is 25.0 Å². The fraction of sp³-hybridized carbons (Fsp3) is 0.308. The maximum absolute atomic E-state index is 6.24. The first-order valence-corrected chi connectivity index (χ1v) is 6.36. The number of nitrogens with zero attached hydrogens (tertiary/aromatic N) is 2. The van der Waals surface area contributed by atoms with Crippen LogP contribution in [0.1, 0.15) is 22.9 Å². The second-order valence-electron chi connectivity index (χ2n) is 4.21. The molecule has 0 bridgehead atoms. The van der Waals surface area contributed by atoms with Gasteiger partial charge in [0.2, 0.25) is 0 Å². The van der Waals surface area contributed by atoms with Crippen molar-refractivity contribution in [2.75, 3.05) is 0 Å². The molecule has 2 N–H and O–H groups in total. The van der Waals surface area contributed by atoms with Gasteiger partial charge in [-0.1, -0.05) is 34.1 Å². The first-order chi connectivity index (χ1) is 8.09. The van der Waals surface area contributed by atoms with E-state index in [2.05, 4.69) is 27.1 Å². The molecule has 1 heterocycles. The molecule has 0 amide bonds. The molecule has 0 radical (unpaired) electrons. The van der Waals surface area contributed by atoms with Crippen molar-refractivity contribution in [3.8, 4) is 0 Å². The van der Waals surface area contributed by atoms with E-state index in [9.17, 15) is 0 Å². The molecule has 3 nitrogen and oxygen atoms in total. The van der Waals surface area contributed by atoms with E-state index < -0.39 is 0 Å². The van der Waals surface area contributed by atoms with Crippen LogP contribution in [0.2, 0.25) is 0 Å². The van der Waals surface area contributed by atoms with Crippen molar-refractivity contribution in [1.82, 2.24) is 9.78 Å². The van der Waals surface area contributed by atoms with Crippen molar-refractivity contribution < 1.29 is 0 Å². The Hall–Kier alpha value is -1.13. The van der Waals surface area contributed by atoms with Crippen molar-refractivity contribution in [2.24, 2.45) is 12.8 Å². The molecule has 2 rings (SSSR count). The number of benzene rings is 1. The van der Waals surface area contributed by atoms with E-state index in [-0.39, 0.29) is 6.04 Å². The number of nitrogens with two attached hydrogens (primary N) is 1. The monoisotopic (exact) mass is 293 g/mol. The van der Waals surface area contributed by atoms with Crippen LogP contribution in [0.5, 0.6) is 0 Å². The highest BCUT2D eigenvalue weighted by Crippen LogP contribution is 2.23. The number of halogens is 1. The molecule has 1 aromatic carbocycles. The van der Waals surface area contributed by atoms with Crippen molar-refractivity contribution in [3.63, 3.8) is 0 Å². The molecule has 1 unspecified atom stereocenters. The molecule has 17 heavy (non-hydrogen) atoms. The topological polar surface area (TPSA) is 43.8 Å². The summed E-state index contributed by atoms with van der Waals surface area (Å²) >= 11 is 3.54. The summed E-state index contributed by atoms with van der Waals surface area (Å²) in [5, 5.41) is 4.23. The number of hydrogen-bond acceptors (Lipinski definition) is 2. The Morgan fingerprint density at radius 2 is 2.12 bits per heavy atom. The Kier molecular flexibility index (Phi) is 3.64. The highest BCUT2D eigenvalue weighted by Gasteiger charge is 2.14. The fourth-order valence-electron chi connectivity index (χ4n) is 1.89. The van der Waals surface area contributed by atoms with Crippen molar-refractivity contribution in [2.45, 2.75) is 19.4 Å². The third kappa shape index (κ3) is 2.58. The molecule has 1 aromatic heterocycles. The van der Waals surface area contributed by atoms with Crippen LogP contribution >= 0.6 is 15.9 Å². The fourth-order valence-corrected chi connectivity index (χ4v) is 2.34. The van der Waals surface area contributed by atoms with Gasteiger partial charge in [-0.3, -0.25) is 4.68 Å². The van der Waals surface area contributed by atoms with Gasteiger partial charge in [0.25, 0.3) is 0 Å². The van der Waals surface area contributed by atoms with E-state index in [0.29, 0.717) is 0 Å². The van der Waals surface area contributed by atoms with E-state index in [0.717, 1.165) is 22.2 Å². The maximum atomic E-state index is 6.24. The Morgan fingerprint density at radius 3 is 2.71 bits per heavy atom. The normalized spacial score (nSPS) is 12.7. The predicted molar refractivity (Wildman–Crippen MR) is 72.7 cm³/mol. The Labute approximate surface area is 110 Å². The number of rotatable bonds is 3. The van der Waals surface area contributed by atoms with Crippen molar-refractivity contribution in [1.29, 1.82) is 0 Å². The molecule has 4 heteroatoms. The molecule has 0 aliphatic rings. The molecule has 0 aliphatic carbocycles. The van der Waals surface area contributed by atoms with E-state index in [4.69, 9.17) is 5.73 Å². The molecule has 2 aromatic rings. The van der Waals surface area contributed by atoms with Crippen LogP contribution in [0, 0.1) is 6.92 Å². The quantitative estimate of drug-likeness (QED) is 0.946. The summed E-state index contributed by atoms with van der Waals surface area (Å²) in [6.07, 6.45) is 2.67. The first-order valence-electron chi connectivity index (χ1n) is 5.57. The summed E-state index contributed by atoms with van der Waals surface area (Å²) in [5.41, 5.74) is 9.70. The highest BCUT2D eigenvalue weighted by molar-refractivity contribution is 9.10. The molecule has 1 atom stereocenters. The largest absolute Gasteiger partial charge is 0.324 e. The van der Waals surface area contributed by atoms with Gasteiger partial charge >= 0.3 is 0 Å². The number of aromatic nitrogens is 2. The van der Waals surface area contributed by atoms with Crippen LogP contribution in [0.3, 0.4) is 0 Å². The average Bonchev–Trinajstić information content (AvgIpc) is 2.63. The molecule has 90 valence electrons. The third-order valence-corrected chi connectivity index (χ3v) is 3.84. The van der Waals surface area contributed by atoms with Gasteiger partial charge in [-0.15, -0.1) is 0 Å². The SMILES string of the molecule is Cc1c(C(N)Cc2ccccc2Br)cnn1C. The zero-order chi connectivity index (χ0) is 12.4. The molecule has 0 saturated heterocycles. The molecule has 0 fully saturated rings. The molecular formula is C13H16BrN3. The van der Waals surface area contributed by atoms with Crippen LogP contribution in [0.15, 0.2) is 34.9 Å². The lowest BCUT2D eigenvalue weighted by Crippen LogP contribution is -2.14. The molecular weight excluding hydrogens is 278 g/mol. The maximum Gasteiger partial charge on any atom is 0.0540 e. The minimum absolute atomic E-state index is 0.0117. The van der Waals surface area contributed by atoms with Crippen LogP contribution in [-0.2, 0) is 13.5 Å². The smallest absolute Gasteiger partial charge is 0.0540 e. The predicted octanol–water partition coefficient (Wildman–Crippen LogP) is 2.73. The van der Waals surface area contributed by atoms with Crippen molar-refractivity contribution >= 4 is 15.9 Å². The van der Waals surface area contributed by atoms with Gasteiger partial charge in [0.15, 0.2) is 0 Å². The van der Waals surface area contributed by atoms with Gasteiger partial charge in [-0.25, -0.2) is 0 Å². The summed E-state index contributed by atoms with van der Waals surface area (Å²) in [6.45, 7) is 2.04. The summed E-state index contributed by atoms with van der Waals surface area (Å²) in [4.78, 5) is 0. The van der Waals surface area contributed by atoms with Gasteiger partial charge in [0.1, 0.15) is 0 Å². The first kappa shape index (κ1) is 12.3. The Morgan fingerprint density at radius 1 is 1.41 bits per heavy atom. The van der Waals surface area contributed by atoms with Gasteiger partial charge in [0.05, 0.1) is 6.20 Å². The highest BCUT2D eigenvalue weighted by atomic mass is 79.9. The third-order valence-electron chi connectivity index (χ3n) is 3.07. The van der Waals surface area contributed by atoms with Crippen LogP contribution < -0.4 is 5.73 Å². The average molecular weight is 294 g/mol. The molecule has 0 spiro atoms. The minimum atomic E-state index is -0.0117. The summed E-state index contributed by atoms with van der Waals surface area (Å²) in [6, 6.07) is 8.16. The van der Waals surface area contributed by atoms with Gasteiger partial charge in [-0.2, -0.15) is 5.10 Å².